The average molecular weight is 180 g/mol. The first-order valence-electron chi connectivity index (χ1n) is 3.60. The molecule has 2 rings (SSSR count). The lowest BCUT2D eigenvalue weighted by Crippen LogP contribution is -2.14. The Morgan fingerprint density at radius 3 is 3.00 bits per heavy atom. The maximum Gasteiger partial charge on any atom is 0.176 e. The second-order valence-corrected chi connectivity index (χ2v) is 3.67. The number of benzene rings is 1. The third-order valence-electron chi connectivity index (χ3n) is 1.61. The molecule has 0 fully saturated rings. The number of hydrogen-bond donors (Lipinski definition) is 1. The number of hydrogen-bond acceptors (Lipinski definition) is 2. The van der Waals surface area contributed by atoms with E-state index in [1.54, 1.807) is 6.92 Å². The van der Waals surface area contributed by atoms with E-state index < -0.39 is 11.0 Å². The van der Waals surface area contributed by atoms with Crippen LogP contribution in [-0.4, -0.2) is 10.0 Å². The van der Waals surface area contributed by atoms with E-state index in [4.69, 9.17) is 0 Å². The van der Waals surface area contributed by atoms with Crippen LogP contribution in [0.25, 0.3) is 0 Å². The Morgan fingerprint density at radius 2 is 2.17 bits per heavy atom. The van der Waals surface area contributed by atoms with E-state index in [-0.39, 0.29) is 0 Å². The van der Waals surface area contributed by atoms with Gasteiger partial charge in [-0.3, -0.25) is 0 Å². The number of fused-ring (bicyclic) bond motifs is 1. The molecule has 4 heteroatoms. The molecule has 0 aliphatic carbocycles. The first-order valence-corrected chi connectivity index (χ1v) is 4.71. The first-order chi connectivity index (χ1) is 5.77. The number of nitrogens with zero attached hydrogens (tertiary/aromatic N) is 1. The zero-order valence-electron chi connectivity index (χ0n) is 6.57. The van der Waals surface area contributed by atoms with E-state index in [1.165, 1.54) is 0 Å². The molecule has 0 bridgehead atoms. The lowest BCUT2D eigenvalue weighted by Gasteiger charge is -2.13. The van der Waals surface area contributed by atoms with Gasteiger partial charge in [0.25, 0.3) is 0 Å². The molecule has 0 radical (unpaired) electrons. The van der Waals surface area contributed by atoms with Crippen molar-refractivity contribution in [3.05, 3.63) is 24.3 Å². The highest BCUT2D eigenvalue weighted by atomic mass is 32.2. The van der Waals surface area contributed by atoms with Crippen LogP contribution in [-0.2, 0) is 11.0 Å². The Bertz CT molecular complexity index is 373. The molecule has 0 amide bonds. The van der Waals surface area contributed by atoms with Gasteiger partial charge in [0.2, 0.25) is 0 Å². The van der Waals surface area contributed by atoms with Gasteiger partial charge in [0.1, 0.15) is 5.84 Å². The van der Waals surface area contributed by atoms with Crippen molar-refractivity contribution >= 4 is 22.5 Å². The van der Waals surface area contributed by atoms with Crippen molar-refractivity contribution < 1.29 is 4.21 Å². The molecule has 1 aromatic carbocycles. The zero-order valence-corrected chi connectivity index (χ0v) is 7.39. The maximum absolute atomic E-state index is 11.4. The van der Waals surface area contributed by atoms with E-state index >= 15 is 0 Å². The van der Waals surface area contributed by atoms with Crippen molar-refractivity contribution in [1.82, 2.24) is 0 Å². The summed E-state index contributed by atoms with van der Waals surface area (Å²) < 4.78 is 15.3. The van der Waals surface area contributed by atoms with Crippen molar-refractivity contribution in [1.29, 1.82) is 0 Å². The van der Waals surface area contributed by atoms with E-state index in [0.29, 0.717) is 5.84 Å². The van der Waals surface area contributed by atoms with Gasteiger partial charge < -0.3 is 5.32 Å². The van der Waals surface area contributed by atoms with Gasteiger partial charge in [0, 0.05) is 0 Å². The molecular formula is C8H8N2OS. The highest BCUT2D eigenvalue weighted by Crippen LogP contribution is 2.23. The molecule has 1 aliphatic rings. The molecule has 0 saturated heterocycles. The highest BCUT2D eigenvalue weighted by molar-refractivity contribution is 7.84. The molecule has 1 aromatic rings. The molecule has 1 N–H and O–H groups in total. The van der Waals surface area contributed by atoms with Crippen LogP contribution in [0.3, 0.4) is 0 Å². The Balaban J connectivity index is 2.56. The normalized spacial score (nSPS) is 20.8. The summed E-state index contributed by atoms with van der Waals surface area (Å²) in [5.74, 6) is 0.701. The van der Waals surface area contributed by atoms with Crippen molar-refractivity contribution in [3.8, 4) is 0 Å². The lowest BCUT2D eigenvalue weighted by atomic mass is 10.3. The van der Waals surface area contributed by atoms with E-state index in [0.717, 1.165) is 10.6 Å². The van der Waals surface area contributed by atoms with Crippen molar-refractivity contribution in [3.63, 3.8) is 0 Å². The summed E-state index contributed by atoms with van der Waals surface area (Å²) >= 11 is 0. The van der Waals surface area contributed by atoms with Crippen LogP contribution >= 0.6 is 0 Å². The predicted molar refractivity (Wildman–Crippen MR) is 49.6 cm³/mol. The van der Waals surface area contributed by atoms with Gasteiger partial charge in [0.05, 0.1) is 10.6 Å². The van der Waals surface area contributed by atoms with Crippen molar-refractivity contribution in [2.75, 3.05) is 5.32 Å². The Labute approximate surface area is 73.1 Å². The summed E-state index contributed by atoms with van der Waals surface area (Å²) in [6.07, 6.45) is 0. The van der Waals surface area contributed by atoms with Crippen LogP contribution in [0.4, 0.5) is 5.69 Å². The minimum absolute atomic E-state index is 0.701. The van der Waals surface area contributed by atoms with Gasteiger partial charge in [0.15, 0.2) is 11.0 Å². The number of rotatable bonds is 0. The first kappa shape index (κ1) is 7.49. The Hall–Kier alpha value is -1.16. The Morgan fingerprint density at radius 1 is 1.42 bits per heavy atom. The molecule has 62 valence electrons. The lowest BCUT2D eigenvalue weighted by molar-refractivity contribution is 0.684. The maximum atomic E-state index is 11.4. The predicted octanol–water partition coefficient (Wildman–Crippen LogP) is 1.55. The summed E-state index contributed by atoms with van der Waals surface area (Å²) in [5, 5.41) is 3.05. The van der Waals surface area contributed by atoms with Crippen LogP contribution < -0.4 is 5.32 Å². The molecular weight excluding hydrogens is 172 g/mol. The van der Waals surface area contributed by atoms with Crippen LogP contribution in [0.2, 0.25) is 0 Å². The standard InChI is InChI=1S/C8H8N2OS/c1-6-9-7-4-2-3-5-8(7)12(11)10-6/h2-5H,1H3,(H,9,10). The third kappa shape index (κ3) is 1.14. The molecule has 1 heterocycles. The second kappa shape index (κ2) is 2.71. The molecule has 12 heavy (non-hydrogen) atoms. The molecule has 1 unspecified atom stereocenters. The zero-order chi connectivity index (χ0) is 8.55. The van der Waals surface area contributed by atoms with Gasteiger partial charge in [-0.2, -0.15) is 4.40 Å². The largest absolute Gasteiger partial charge is 0.342 e. The van der Waals surface area contributed by atoms with Crippen LogP contribution in [0, 0.1) is 0 Å². The summed E-state index contributed by atoms with van der Waals surface area (Å²) in [4.78, 5) is 0.753. The van der Waals surface area contributed by atoms with Crippen molar-refractivity contribution in [2.45, 2.75) is 11.8 Å². The summed E-state index contributed by atoms with van der Waals surface area (Å²) in [6.45, 7) is 1.80. The van der Waals surface area contributed by atoms with E-state index in [1.807, 2.05) is 24.3 Å². The number of amidine groups is 1. The van der Waals surface area contributed by atoms with Crippen LogP contribution in [0.5, 0.6) is 0 Å². The average Bonchev–Trinajstić information content (AvgIpc) is 2.04. The topological polar surface area (TPSA) is 41.5 Å². The monoisotopic (exact) mass is 180 g/mol. The molecule has 1 aliphatic heterocycles. The van der Waals surface area contributed by atoms with E-state index in [9.17, 15) is 4.21 Å². The van der Waals surface area contributed by atoms with Gasteiger partial charge in [-0.15, -0.1) is 0 Å². The fourth-order valence-corrected chi connectivity index (χ4v) is 2.01. The molecule has 3 nitrogen and oxygen atoms in total. The minimum Gasteiger partial charge on any atom is -0.342 e. The second-order valence-electron chi connectivity index (χ2n) is 2.55. The van der Waals surface area contributed by atoms with Gasteiger partial charge in [-0.05, 0) is 19.1 Å². The fraction of sp³-hybridized carbons (Fsp3) is 0.125. The van der Waals surface area contributed by atoms with Crippen LogP contribution in [0.15, 0.2) is 33.6 Å². The van der Waals surface area contributed by atoms with E-state index in [2.05, 4.69) is 9.71 Å². The molecule has 1 atom stereocenters. The van der Waals surface area contributed by atoms with Crippen LogP contribution in [0.1, 0.15) is 6.92 Å². The smallest absolute Gasteiger partial charge is 0.176 e. The SMILES string of the molecule is CC1=NS(=O)c2ccccc2N1. The summed E-state index contributed by atoms with van der Waals surface area (Å²) in [7, 11) is -1.22. The highest BCUT2D eigenvalue weighted by Gasteiger charge is 2.13. The quantitative estimate of drug-likeness (QED) is 0.658. The molecule has 0 aromatic heterocycles. The minimum atomic E-state index is -1.22. The van der Waals surface area contributed by atoms with Gasteiger partial charge >= 0.3 is 0 Å². The van der Waals surface area contributed by atoms with Gasteiger partial charge in [-0.1, -0.05) is 12.1 Å². The van der Waals surface area contributed by atoms with Crippen molar-refractivity contribution in [2.24, 2.45) is 4.40 Å². The molecule has 0 saturated carbocycles. The summed E-state index contributed by atoms with van der Waals surface area (Å²) in [5.41, 5.74) is 0.892. The third-order valence-corrected chi connectivity index (χ3v) is 2.78. The molecule has 0 spiro atoms. The Kier molecular flexibility index (Phi) is 1.69. The van der Waals surface area contributed by atoms with Gasteiger partial charge in [-0.25, -0.2) is 4.21 Å². The number of para-hydroxylation sites is 1. The fourth-order valence-electron chi connectivity index (χ4n) is 1.11. The number of nitrogens with one attached hydrogen (secondary N) is 1. The number of anilines is 1. The summed E-state index contributed by atoms with van der Waals surface area (Å²) in [6, 6.07) is 7.47.